The maximum Gasteiger partial charge on any atom is 0.195 e. The van der Waals surface area contributed by atoms with Gasteiger partial charge in [0, 0.05) is 25.3 Å². The molecule has 1 aliphatic carbocycles. The monoisotopic (exact) mass is 405 g/mol. The molecule has 0 radical (unpaired) electrons. The van der Waals surface area contributed by atoms with E-state index in [2.05, 4.69) is 15.6 Å². The van der Waals surface area contributed by atoms with E-state index >= 15 is 0 Å². The van der Waals surface area contributed by atoms with Crippen molar-refractivity contribution in [3.63, 3.8) is 0 Å². The molecule has 0 aliphatic heterocycles. The highest BCUT2D eigenvalue weighted by Gasteiger charge is 2.21. The Morgan fingerprint density at radius 2 is 2.10 bits per heavy atom. The third-order valence-corrected chi connectivity index (χ3v) is 3.20. The standard InChI is InChI=1S/C15H23N3O2.HI/c1-4-20-14-9-12(7-8-13(14)19-3)18-15(16-2)17-10-11-5-6-11;/h7-9,11H,4-6,10H2,1-3H3,(H2,16,17,18);1H. The number of rotatable bonds is 6. The van der Waals surface area contributed by atoms with Crippen LogP contribution in [0.1, 0.15) is 19.8 Å². The molecule has 0 heterocycles. The summed E-state index contributed by atoms with van der Waals surface area (Å²) >= 11 is 0. The van der Waals surface area contributed by atoms with E-state index in [0.717, 1.165) is 35.6 Å². The number of ether oxygens (including phenoxy) is 2. The lowest BCUT2D eigenvalue weighted by Crippen LogP contribution is -2.32. The van der Waals surface area contributed by atoms with E-state index in [1.165, 1.54) is 12.8 Å². The zero-order valence-corrected chi connectivity index (χ0v) is 15.1. The highest BCUT2D eigenvalue weighted by atomic mass is 127. The fourth-order valence-electron chi connectivity index (χ4n) is 1.90. The minimum atomic E-state index is 0. The Morgan fingerprint density at radius 1 is 1.33 bits per heavy atom. The molecule has 1 aromatic carbocycles. The molecule has 0 aromatic heterocycles. The zero-order chi connectivity index (χ0) is 14.4. The van der Waals surface area contributed by atoms with Crippen molar-refractivity contribution in [1.29, 1.82) is 0 Å². The summed E-state index contributed by atoms with van der Waals surface area (Å²) in [7, 11) is 3.41. The first-order valence-corrected chi connectivity index (χ1v) is 7.05. The van der Waals surface area contributed by atoms with Gasteiger partial charge in [0.15, 0.2) is 17.5 Å². The van der Waals surface area contributed by atoms with Gasteiger partial charge in [-0.25, -0.2) is 0 Å². The number of halogens is 1. The van der Waals surface area contributed by atoms with E-state index in [1.54, 1.807) is 14.2 Å². The molecule has 21 heavy (non-hydrogen) atoms. The van der Waals surface area contributed by atoms with Gasteiger partial charge < -0.3 is 20.1 Å². The number of nitrogens with zero attached hydrogens (tertiary/aromatic N) is 1. The van der Waals surface area contributed by atoms with Crippen molar-refractivity contribution >= 4 is 35.6 Å². The van der Waals surface area contributed by atoms with Gasteiger partial charge in [0.05, 0.1) is 13.7 Å². The lowest BCUT2D eigenvalue weighted by Gasteiger charge is -2.14. The summed E-state index contributed by atoms with van der Waals surface area (Å²) in [5.74, 6) is 3.06. The van der Waals surface area contributed by atoms with Crippen LogP contribution in [0.2, 0.25) is 0 Å². The number of hydrogen-bond donors (Lipinski definition) is 2. The summed E-state index contributed by atoms with van der Waals surface area (Å²) in [6.07, 6.45) is 2.64. The summed E-state index contributed by atoms with van der Waals surface area (Å²) in [5, 5.41) is 6.59. The summed E-state index contributed by atoms with van der Waals surface area (Å²) < 4.78 is 10.8. The Balaban J connectivity index is 0.00000220. The Kier molecular flexibility index (Phi) is 7.63. The van der Waals surface area contributed by atoms with E-state index in [1.807, 2.05) is 25.1 Å². The maximum absolute atomic E-state index is 5.57. The smallest absolute Gasteiger partial charge is 0.195 e. The molecule has 6 heteroatoms. The Morgan fingerprint density at radius 3 is 2.67 bits per heavy atom. The molecule has 2 rings (SSSR count). The van der Waals surface area contributed by atoms with Crippen molar-refractivity contribution in [2.24, 2.45) is 10.9 Å². The van der Waals surface area contributed by atoms with Gasteiger partial charge in [-0.3, -0.25) is 4.99 Å². The molecular weight excluding hydrogens is 381 g/mol. The normalized spacial score (nSPS) is 14.1. The van der Waals surface area contributed by atoms with Gasteiger partial charge in [-0.15, -0.1) is 24.0 Å². The molecule has 1 saturated carbocycles. The van der Waals surface area contributed by atoms with Gasteiger partial charge in [0.1, 0.15) is 0 Å². The summed E-state index contributed by atoms with van der Waals surface area (Å²) in [4.78, 5) is 4.22. The van der Waals surface area contributed by atoms with E-state index in [0.29, 0.717) is 6.61 Å². The maximum atomic E-state index is 5.57. The third-order valence-electron chi connectivity index (χ3n) is 3.20. The highest BCUT2D eigenvalue weighted by Crippen LogP contribution is 2.30. The molecule has 1 aliphatic rings. The van der Waals surface area contributed by atoms with Crippen molar-refractivity contribution in [2.75, 3.05) is 32.6 Å². The number of aliphatic imine (C=N–C) groups is 1. The zero-order valence-electron chi connectivity index (χ0n) is 12.8. The van der Waals surface area contributed by atoms with Crippen molar-refractivity contribution in [2.45, 2.75) is 19.8 Å². The molecule has 118 valence electrons. The second-order valence-corrected chi connectivity index (χ2v) is 4.82. The van der Waals surface area contributed by atoms with E-state index < -0.39 is 0 Å². The number of anilines is 1. The van der Waals surface area contributed by atoms with Crippen LogP contribution in [0.3, 0.4) is 0 Å². The molecular formula is C15H24IN3O2. The first-order chi connectivity index (χ1) is 9.76. The van der Waals surface area contributed by atoms with Crippen molar-refractivity contribution in [1.82, 2.24) is 5.32 Å². The minimum absolute atomic E-state index is 0. The fourth-order valence-corrected chi connectivity index (χ4v) is 1.90. The first kappa shape index (κ1) is 17.9. The summed E-state index contributed by atoms with van der Waals surface area (Å²) in [5.41, 5.74) is 0.929. The van der Waals surface area contributed by atoms with E-state index in [-0.39, 0.29) is 24.0 Å². The van der Waals surface area contributed by atoms with E-state index in [4.69, 9.17) is 9.47 Å². The molecule has 0 amide bonds. The first-order valence-electron chi connectivity index (χ1n) is 7.05. The van der Waals surface area contributed by atoms with Crippen molar-refractivity contribution in [3.05, 3.63) is 18.2 Å². The topological polar surface area (TPSA) is 54.9 Å². The summed E-state index contributed by atoms with van der Waals surface area (Å²) in [6.45, 7) is 3.54. The molecule has 2 N–H and O–H groups in total. The number of methoxy groups -OCH3 is 1. The fraction of sp³-hybridized carbons (Fsp3) is 0.533. The molecule has 1 aromatic rings. The third kappa shape index (κ3) is 5.61. The number of benzene rings is 1. The second-order valence-electron chi connectivity index (χ2n) is 4.82. The van der Waals surface area contributed by atoms with Crippen molar-refractivity contribution < 1.29 is 9.47 Å². The number of guanidine groups is 1. The molecule has 0 saturated heterocycles. The van der Waals surface area contributed by atoms with E-state index in [9.17, 15) is 0 Å². The van der Waals surface area contributed by atoms with Crippen LogP contribution < -0.4 is 20.1 Å². The van der Waals surface area contributed by atoms with Gasteiger partial charge in [0.2, 0.25) is 0 Å². The number of hydrogen-bond acceptors (Lipinski definition) is 3. The molecule has 0 bridgehead atoms. The van der Waals surface area contributed by atoms with Crippen LogP contribution in [-0.2, 0) is 0 Å². The Hall–Kier alpha value is -1.18. The molecule has 1 fully saturated rings. The van der Waals surface area contributed by atoms with Crippen molar-refractivity contribution in [3.8, 4) is 11.5 Å². The van der Waals surface area contributed by atoms with Crippen LogP contribution in [0.25, 0.3) is 0 Å². The highest BCUT2D eigenvalue weighted by molar-refractivity contribution is 14.0. The predicted molar refractivity (Wildman–Crippen MR) is 97.3 cm³/mol. The van der Waals surface area contributed by atoms with Crippen LogP contribution in [0.4, 0.5) is 5.69 Å². The summed E-state index contributed by atoms with van der Waals surface area (Å²) in [6, 6.07) is 5.76. The van der Waals surface area contributed by atoms with Gasteiger partial charge in [-0.1, -0.05) is 0 Å². The SMILES string of the molecule is CCOc1cc(NC(=NC)NCC2CC2)ccc1OC.I. The van der Waals surface area contributed by atoms with Crippen LogP contribution in [-0.4, -0.2) is 33.3 Å². The molecule has 0 atom stereocenters. The van der Waals surface area contributed by atoms with Crippen LogP contribution in [0, 0.1) is 5.92 Å². The minimum Gasteiger partial charge on any atom is -0.493 e. The number of nitrogens with one attached hydrogen (secondary N) is 2. The van der Waals surface area contributed by atoms with Crippen LogP contribution in [0.5, 0.6) is 11.5 Å². The van der Waals surface area contributed by atoms with Gasteiger partial charge >= 0.3 is 0 Å². The Bertz CT molecular complexity index is 476. The molecule has 0 spiro atoms. The quantitative estimate of drug-likeness (QED) is 0.434. The average molecular weight is 405 g/mol. The largest absolute Gasteiger partial charge is 0.493 e. The van der Waals surface area contributed by atoms with Gasteiger partial charge in [-0.05, 0) is 37.8 Å². The second kappa shape index (κ2) is 8.96. The van der Waals surface area contributed by atoms with Gasteiger partial charge in [0.25, 0.3) is 0 Å². The predicted octanol–water partition coefficient (Wildman–Crippen LogP) is 3.11. The van der Waals surface area contributed by atoms with Crippen LogP contribution in [0.15, 0.2) is 23.2 Å². The van der Waals surface area contributed by atoms with Gasteiger partial charge in [-0.2, -0.15) is 0 Å². The Labute approximate surface area is 143 Å². The lowest BCUT2D eigenvalue weighted by atomic mass is 10.2. The molecule has 0 unspecified atom stereocenters. The average Bonchev–Trinajstić information content (AvgIpc) is 3.28. The van der Waals surface area contributed by atoms with Crippen LogP contribution >= 0.6 is 24.0 Å². The molecule has 5 nitrogen and oxygen atoms in total. The lowest BCUT2D eigenvalue weighted by molar-refractivity contribution is 0.311.